The third kappa shape index (κ3) is 2.94. The second-order valence-corrected chi connectivity index (χ2v) is 5.83. The van der Waals surface area contributed by atoms with Crippen LogP contribution in [-0.4, -0.2) is 32.6 Å². The van der Waals surface area contributed by atoms with Crippen molar-refractivity contribution in [2.45, 2.75) is 25.2 Å². The molecule has 0 spiro atoms. The van der Waals surface area contributed by atoms with Crippen molar-refractivity contribution < 1.29 is 9.18 Å². The monoisotopic (exact) mass is 313 g/mol. The molecule has 0 atom stereocenters. The zero-order valence-electron chi connectivity index (χ0n) is 12.4. The number of rotatable bonds is 5. The van der Waals surface area contributed by atoms with Gasteiger partial charge in [0.05, 0.1) is 11.0 Å². The minimum Gasteiger partial charge on any atom is -0.350 e. The van der Waals surface area contributed by atoms with Gasteiger partial charge in [0.15, 0.2) is 0 Å². The summed E-state index contributed by atoms with van der Waals surface area (Å²) in [5.74, 6) is 0.757. The van der Waals surface area contributed by atoms with E-state index in [1.807, 2.05) is 6.07 Å². The Balaban J connectivity index is 1.35. The molecule has 23 heavy (non-hydrogen) atoms. The molecule has 6 nitrogen and oxygen atoms in total. The van der Waals surface area contributed by atoms with Crippen LogP contribution in [0.2, 0.25) is 0 Å². The van der Waals surface area contributed by atoms with Crippen LogP contribution in [0.15, 0.2) is 24.3 Å². The number of benzene rings is 1. The predicted octanol–water partition coefficient (Wildman–Crippen LogP) is 2.27. The fourth-order valence-corrected chi connectivity index (χ4v) is 2.59. The lowest BCUT2D eigenvalue weighted by Gasteiger charge is -2.00. The number of carbonyl (C=O) groups excluding carboxylic acids is 1. The zero-order valence-corrected chi connectivity index (χ0v) is 12.4. The van der Waals surface area contributed by atoms with E-state index in [9.17, 15) is 9.18 Å². The second-order valence-electron chi connectivity index (χ2n) is 5.83. The van der Waals surface area contributed by atoms with Crippen molar-refractivity contribution in [2.24, 2.45) is 0 Å². The molecule has 1 fully saturated rings. The fraction of sp³-hybridized carbons (Fsp3) is 0.312. The smallest absolute Gasteiger partial charge is 0.271 e. The molecule has 0 radical (unpaired) electrons. The normalized spacial score (nSPS) is 14.3. The lowest BCUT2D eigenvalue weighted by Crippen LogP contribution is -2.26. The van der Waals surface area contributed by atoms with Crippen molar-refractivity contribution in [3.05, 3.63) is 47.3 Å². The van der Waals surface area contributed by atoms with Crippen LogP contribution in [0.25, 0.3) is 11.0 Å². The van der Waals surface area contributed by atoms with Crippen LogP contribution >= 0.6 is 0 Å². The first-order valence-corrected chi connectivity index (χ1v) is 7.67. The van der Waals surface area contributed by atoms with Crippen molar-refractivity contribution in [2.75, 3.05) is 6.54 Å². The molecule has 3 aromatic rings. The molecule has 0 unspecified atom stereocenters. The number of nitrogens with zero attached hydrogens (tertiary/aromatic N) is 2. The van der Waals surface area contributed by atoms with Gasteiger partial charge in [-0.15, -0.1) is 0 Å². The summed E-state index contributed by atoms with van der Waals surface area (Å²) in [6, 6.07) is 6.24. The van der Waals surface area contributed by atoms with E-state index >= 15 is 0 Å². The lowest BCUT2D eigenvalue weighted by atomic mass is 10.2. The molecule has 1 aromatic carbocycles. The Hall–Kier alpha value is -2.70. The summed E-state index contributed by atoms with van der Waals surface area (Å²) in [6.45, 7) is 0.437. The maximum Gasteiger partial charge on any atom is 0.271 e. The summed E-state index contributed by atoms with van der Waals surface area (Å²) in [5, 5.41) is 9.78. The standard InChI is InChI=1S/C16H16FN5O/c17-10-3-4-11-13(7-10)20-15(19-11)5-6-18-16(23)14-8-12(21-22-14)9-1-2-9/h3-4,7-9H,1-2,5-6H2,(H,18,23)(H,19,20)(H,21,22). The Kier molecular flexibility index (Phi) is 3.33. The number of nitrogens with one attached hydrogen (secondary N) is 3. The molecule has 1 aliphatic rings. The average Bonchev–Trinajstić information content (AvgIpc) is 3.12. The molecule has 118 valence electrons. The largest absolute Gasteiger partial charge is 0.350 e. The molecule has 1 saturated carbocycles. The van der Waals surface area contributed by atoms with E-state index in [4.69, 9.17) is 0 Å². The van der Waals surface area contributed by atoms with Crippen molar-refractivity contribution in [1.82, 2.24) is 25.5 Å². The first-order chi connectivity index (χ1) is 11.2. The van der Waals surface area contributed by atoms with E-state index < -0.39 is 0 Å². The highest BCUT2D eigenvalue weighted by molar-refractivity contribution is 5.92. The van der Waals surface area contributed by atoms with E-state index in [1.165, 1.54) is 12.1 Å². The van der Waals surface area contributed by atoms with Crippen LogP contribution in [0.4, 0.5) is 4.39 Å². The van der Waals surface area contributed by atoms with Crippen LogP contribution in [0.5, 0.6) is 0 Å². The highest BCUT2D eigenvalue weighted by Gasteiger charge is 2.26. The van der Waals surface area contributed by atoms with Crippen molar-refractivity contribution in [1.29, 1.82) is 0 Å². The van der Waals surface area contributed by atoms with Crippen molar-refractivity contribution in [3.8, 4) is 0 Å². The van der Waals surface area contributed by atoms with Crippen LogP contribution in [0.1, 0.15) is 40.8 Å². The molecule has 7 heteroatoms. The second kappa shape index (κ2) is 5.49. The third-order valence-corrected chi connectivity index (χ3v) is 3.99. The molecule has 0 bridgehead atoms. The van der Waals surface area contributed by atoms with Gasteiger partial charge in [0.2, 0.25) is 0 Å². The quantitative estimate of drug-likeness (QED) is 0.675. The highest BCUT2D eigenvalue weighted by Crippen LogP contribution is 2.38. The molecule has 3 N–H and O–H groups in total. The number of fused-ring (bicyclic) bond motifs is 1. The van der Waals surface area contributed by atoms with Gasteiger partial charge in [-0.3, -0.25) is 9.89 Å². The molecular formula is C16H16FN5O. The van der Waals surface area contributed by atoms with Crippen LogP contribution in [0.3, 0.4) is 0 Å². The van der Waals surface area contributed by atoms with E-state index in [-0.39, 0.29) is 11.7 Å². The molecular weight excluding hydrogens is 297 g/mol. The van der Waals surface area contributed by atoms with Gasteiger partial charge in [-0.1, -0.05) is 0 Å². The van der Waals surface area contributed by atoms with Gasteiger partial charge < -0.3 is 10.3 Å². The van der Waals surface area contributed by atoms with E-state index in [0.717, 1.165) is 18.5 Å². The van der Waals surface area contributed by atoms with Gasteiger partial charge in [-0.2, -0.15) is 5.10 Å². The third-order valence-electron chi connectivity index (χ3n) is 3.99. The first kappa shape index (κ1) is 13.9. The Bertz CT molecular complexity index is 864. The highest BCUT2D eigenvalue weighted by atomic mass is 19.1. The van der Waals surface area contributed by atoms with E-state index in [1.54, 1.807) is 6.07 Å². The van der Waals surface area contributed by atoms with Gasteiger partial charge >= 0.3 is 0 Å². The molecule has 0 aliphatic heterocycles. The number of carbonyl (C=O) groups is 1. The minimum absolute atomic E-state index is 0.199. The summed E-state index contributed by atoms with van der Waals surface area (Å²) in [6.07, 6.45) is 2.87. The number of halogens is 1. The predicted molar refractivity (Wildman–Crippen MR) is 82.7 cm³/mol. The first-order valence-electron chi connectivity index (χ1n) is 7.67. The minimum atomic E-state index is -0.300. The number of imidazole rings is 1. The summed E-state index contributed by atoms with van der Waals surface area (Å²) >= 11 is 0. The molecule has 2 aromatic heterocycles. The van der Waals surface area contributed by atoms with Gasteiger partial charge in [-0.05, 0) is 37.1 Å². The van der Waals surface area contributed by atoms with Gasteiger partial charge in [0, 0.05) is 24.6 Å². The molecule has 1 aliphatic carbocycles. The summed E-state index contributed by atoms with van der Waals surface area (Å²) < 4.78 is 13.1. The maximum atomic E-state index is 13.1. The van der Waals surface area contributed by atoms with Crippen molar-refractivity contribution >= 4 is 16.9 Å². The van der Waals surface area contributed by atoms with Crippen molar-refractivity contribution in [3.63, 3.8) is 0 Å². The number of hydrogen-bond acceptors (Lipinski definition) is 3. The zero-order chi connectivity index (χ0) is 15.8. The number of hydrogen-bond donors (Lipinski definition) is 3. The number of aromatic amines is 2. The van der Waals surface area contributed by atoms with Gasteiger partial charge in [0.1, 0.15) is 17.3 Å². The molecule has 4 rings (SSSR count). The van der Waals surface area contributed by atoms with Crippen LogP contribution in [0, 0.1) is 5.82 Å². The molecule has 2 heterocycles. The summed E-state index contributed by atoms with van der Waals surface area (Å²) in [4.78, 5) is 19.5. The number of aromatic nitrogens is 4. The van der Waals surface area contributed by atoms with E-state index in [0.29, 0.717) is 41.4 Å². The Morgan fingerprint density at radius 1 is 1.35 bits per heavy atom. The number of amides is 1. The summed E-state index contributed by atoms with van der Waals surface area (Å²) in [5.41, 5.74) is 2.83. The average molecular weight is 313 g/mol. The Morgan fingerprint density at radius 2 is 2.22 bits per heavy atom. The van der Waals surface area contributed by atoms with Gasteiger partial charge in [-0.25, -0.2) is 9.37 Å². The van der Waals surface area contributed by atoms with Crippen LogP contribution in [-0.2, 0) is 6.42 Å². The SMILES string of the molecule is O=C(NCCc1nc2ccc(F)cc2[nH]1)c1cc(C2CC2)[nH]n1. The molecule has 0 saturated heterocycles. The van der Waals surface area contributed by atoms with Gasteiger partial charge in [0.25, 0.3) is 5.91 Å². The number of H-pyrrole nitrogens is 2. The Labute approximate surface area is 131 Å². The van der Waals surface area contributed by atoms with Crippen LogP contribution < -0.4 is 5.32 Å². The van der Waals surface area contributed by atoms with E-state index in [2.05, 4.69) is 25.5 Å². The Morgan fingerprint density at radius 3 is 3.04 bits per heavy atom. The molecule has 1 amide bonds. The maximum absolute atomic E-state index is 13.1. The summed E-state index contributed by atoms with van der Waals surface area (Å²) in [7, 11) is 0. The topological polar surface area (TPSA) is 86.5 Å². The lowest BCUT2D eigenvalue weighted by molar-refractivity contribution is 0.0949. The fourth-order valence-electron chi connectivity index (χ4n) is 2.59.